The fourth-order valence-corrected chi connectivity index (χ4v) is 3.31. The van der Waals surface area contributed by atoms with Crippen LogP contribution in [0.15, 0.2) is 42.5 Å². The van der Waals surface area contributed by atoms with Gasteiger partial charge < -0.3 is 19.9 Å². The second-order valence-corrected chi connectivity index (χ2v) is 6.72. The summed E-state index contributed by atoms with van der Waals surface area (Å²) in [6.45, 7) is 5.26. The number of ether oxygens (including phenoxy) is 1. The van der Waals surface area contributed by atoms with Crippen molar-refractivity contribution in [2.24, 2.45) is 0 Å². The maximum absolute atomic E-state index is 13.6. The van der Waals surface area contributed by atoms with Gasteiger partial charge in [0.2, 0.25) is 0 Å². The van der Waals surface area contributed by atoms with Crippen LogP contribution < -0.4 is 15.0 Å². The lowest BCUT2D eigenvalue weighted by molar-refractivity contribution is 0.194. The first-order valence-electron chi connectivity index (χ1n) is 9.24. The Morgan fingerprint density at radius 3 is 2.59 bits per heavy atom. The van der Waals surface area contributed by atoms with Crippen molar-refractivity contribution in [1.82, 2.24) is 10.2 Å². The van der Waals surface area contributed by atoms with Crippen LogP contribution in [0.3, 0.4) is 0 Å². The van der Waals surface area contributed by atoms with Crippen LogP contribution >= 0.6 is 0 Å². The van der Waals surface area contributed by atoms with Crippen molar-refractivity contribution in [2.75, 3.05) is 44.7 Å². The van der Waals surface area contributed by atoms with E-state index < -0.39 is 0 Å². The number of carbonyl (C=O) groups is 1. The summed E-state index contributed by atoms with van der Waals surface area (Å²) in [6.07, 6.45) is 0.485. The first-order valence-corrected chi connectivity index (χ1v) is 9.24. The van der Waals surface area contributed by atoms with E-state index in [1.54, 1.807) is 30.2 Å². The topological polar surface area (TPSA) is 44.8 Å². The quantitative estimate of drug-likeness (QED) is 0.878. The van der Waals surface area contributed by atoms with Gasteiger partial charge >= 0.3 is 6.03 Å². The number of aryl methyl sites for hydroxylation is 1. The molecule has 27 heavy (non-hydrogen) atoms. The Labute approximate surface area is 159 Å². The van der Waals surface area contributed by atoms with Gasteiger partial charge in [0.15, 0.2) is 0 Å². The zero-order valence-electron chi connectivity index (χ0n) is 15.9. The number of piperazine rings is 1. The Balaban J connectivity index is 1.49. The molecule has 1 heterocycles. The van der Waals surface area contributed by atoms with E-state index in [0.29, 0.717) is 31.6 Å². The molecule has 1 aliphatic heterocycles. The third-order valence-electron chi connectivity index (χ3n) is 4.87. The first kappa shape index (κ1) is 19.0. The van der Waals surface area contributed by atoms with Crippen LogP contribution in [0.5, 0.6) is 5.75 Å². The summed E-state index contributed by atoms with van der Waals surface area (Å²) < 4.78 is 19.1. The smallest absolute Gasteiger partial charge is 0.317 e. The summed E-state index contributed by atoms with van der Waals surface area (Å²) in [6, 6.07) is 12.7. The standard InChI is InChI=1S/C21H26FN3O2/c1-16-7-8-20(27-2)19(15-16)24-11-13-25(14-12-24)21(26)23-10-9-17-5-3-4-6-18(17)22/h3-8,15H,9-14H2,1-2H3,(H,23,26). The van der Waals surface area contributed by atoms with Gasteiger partial charge in [-0.2, -0.15) is 0 Å². The van der Waals surface area contributed by atoms with Gasteiger partial charge in [-0.3, -0.25) is 0 Å². The van der Waals surface area contributed by atoms with Crippen molar-refractivity contribution >= 4 is 11.7 Å². The van der Waals surface area contributed by atoms with Crippen molar-refractivity contribution in [3.8, 4) is 5.75 Å². The maximum Gasteiger partial charge on any atom is 0.317 e. The largest absolute Gasteiger partial charge is 0.495 e. The van der Waals surface area contributed by atoms with Crippen LogP contribution in [0.1, 0.15) is 11.1 Å². The molecule has 3 rings (SSSR count). The molecule has 0 aliphatic carbocycles. The molecule has 2 amide bonds. The normalized spacial score (nSPS) is 14.2. The molecule has 0 saturated carbocycles. The highest BCUT2D eigenvalue weighted by atomic mass is 19.1. The number of methoxy groups -OCH3 is 1. The van der Waals surface area contributed by atoms with E-state index in [-0.39, 0.29) is 11.8 Å². The molecular weight excluding hydrogens is 345 g/mol. The minimum Gasteiger partial charge on any atom is -0.495 e. The van der Waals surface area contributed by atoms with Gasteiger partial charge in [-0.15, -0.1) is 0 Å². The summed E-state index contributed by atoms with van der Waals surface area (Å²) in [5.41, 5.74) is 2.87. The zero-order chi connectivity index (χ0) is 19.2. The number of anilines is 1. The van der Waals surface area contributed by atoms with Crippen molar-refractivity contribution in [1.29, 1.82) is 0 Å². The molecule has 5 nitrogen and oxygen atoms in total. The molecule has 0 atom stereocenters. The lowest BCUT2D eigenvalue weighted by Gasteiger charge is -2.36. The molecule has 1 fully saturated rings. The van der Waals surface area contributed by atoms with Gasteiger partial charge in [0, 0.05) is 32.7 Å². The van der Waals surface area contributed by atoms with Crippen LogP contribution in [0.4, 0.5) is 14.9 Å². The molecule has 2 aromatic rings. The number of hydrogen-bond acceptors (Lipinski definition) is 3. The van der Waals surface area contributed by atoms with Crippen LogP contribution in [-0.4, -0.2) is 50.8 Å². The summed E-state index contributed by atoms with van der Waals surface area (Å²) >= 11 is 0. The molecule has 0 aromatic heterocycles. The number of benzene rings is 2. The van der Waals surface area contributed by atoms with E-state index in [2.05, 4.69) is 23.2 Å². The highest BCUT2D eigenvalue weighted by Crippen LogP contribution is 2.29. The second-order valence-electron chi connectivity index (χ2n) is 6.72. The zero-order valence-corrected chi connectivity index (χ0v) is 15.9. The fourth-order valence-electron chi connectivity index (χ4n) is 3.31. The van der Waals surface area contributed by atoms with E-state index in [0.717, 1.165) is 24.5 Å². The van der Waals surface area contributed by atoms with Gasteiger partial charge in [-0.05, 0) is 42.7 Å². The Morgan fingerprint density at radius 1 is 1.15 bits per heavy atom. The fraction of sp³-hybridized carbons (Fsp3) is 0.381. The van der Waals surface area contributed by atoms with E-state index >= 15 is 0 Å². The van der Waals surface area contributed by atoms with Crippen molar-refractivity contribution < 1.29 is 13.9 Å². The van der Waals surface area contributed by atoms with E-state index in [1.165, 1.54) is 11.6 Å². The van der Waals surface area contributed by atoms with Gasteiger partial charge in [-0.1, -0.05) is 24.3 Å². The number of hydrogen-bond donors (Lipinski definition) is 1. The lowest BCUT2D eigenvalue weighted by Crippen LogP contribution is -2.52. The molecule has 0 unspecified atom stereocenters. The van der Waals surface area contributed by atoms with Crippen LogP contribution in [0.25, 0.3) is 0 Å². The molecule has 1 aliphatic rings. The van der Waals surface area contributed by atoms with E-state index in [1.807, 2.05) is 12.1 Å². The van der Waals surface area contributed by atoms with Crippen molar-refractivity contribution in [3.63, 3.8) is 0 Å². The Hall–Kier alpha value is -2.76. The molecular formula is C21H26FN3O2. The average Bonchev–Trinajstić information content (AvgIpc) is 2.69. The lowest BCUT2D eigenvalue weighted by atomic mass is 10.1. The number of urea groups is 1. The molecule has 0 bridgehead atoms. The van der Waals surface area contributed by atoms with Gasteiger partial charge in [0.25, 0.3) is 0 Å². The Bertz CT molecular complexity index is 789. The molecule has 0 radical (unpaired) electrons. The maximum atomic E-state index is 13.6. The van der Waals surface area contributed by atoms with E-state index in [4.69, 9.17) is 4.74 Å². The predicted octanol–water partition coefficient (Wildman–Crippen LogP) is 3.22. The first-order chi connectivity index (χ1) is 13.1. The Kier molecular flexibility index (Phi) is 6.16. The monoisotopic (exact) mass is 371 g/mol. The number of amides is 2. The number of carbonyl (C=O) groups excluding carboxylic acids is 1. The summed E-state index contributed by atoms with van der Waals surface area (Å²) in [7, 11) is 1.67. The minimum absolute atomic E-state index is 0.0952. The number of halogens is 1. The van der Waals surface area contributed by atoms with Crippen LogP contribution in [0, 0.1) is 12.7 Å². The van der Waals surface area contributed by atoms with Gasteiger partial charge in [0.1, 0.15) is 11.6 Å². The van der Waals surface area contributed by atoms with Crippen molar-refractivity contribution in [3.05, 3.63) is 59.4 Å². The van der Waals surface area contributed by atoms with Crippen molar-refractivity contribution in [2.45, 2.75) is 13.3 Å². The highest BCUT2D eigenvalue weighted by molar-refractivity contribution is 5.74. The Morgan fingerprint density at radius 2 is 1.89 bits per heavy atom. The SMILES string of the molecule is COc1ccc(C)cc1N1CCN(C(=O)NCCc2ccccc2F)CC1. The molecule has 0 spiro atoms. The average molecular weight is 371 g/mol. The summed E-state index contributed by atoms with van der Waals surface area (Å²) in [4.78, 5) is 16.4. The second kappa shape index (κ2) is 8.75. The third kappa shape index (κ3) is 4.70. The summed E-state index contributed by atoms with van der Waals surface area (Å²) in [5, 5.41) is 2.89. The summed E-state index contributed by atoms with van der Waals surface area (Å²) in [5.74, 6) is 0.621. The predicted molar refractivity (Wildman–Crippen MR) is 105 cm³/mol. The molecule has 1 N–H and O–H groups in total. The minimum atomic E-state index is -0.229. The molecule has 144 valence electrons. The molecule has 6 heteroatoms. The number of rotatable bonds is 5. The van der Waals surface area contributed by atoms with Gasteiger partial charge in [-0.25, -0.2) is 9.18 Å². The third-order valence-corrected chi connectivity index (χ3v) is 4.87. The van der Waals surface area contributed by atoms with E-state index in [9.17, 15) is 9.18 Å². The highest BCUT2D eigenvalue weighted by Gasteiger charge is 2.22. The van der Waals surface area contributed by atoms with Crippen LogP contribution in [-0.2, 0) is 6.42 Å². The van der Waals surface area contributed by atoms with Gasteiger partial charge in [0.05, 0.1) is 12.8 Å². The molecule has 1 saturated heterocycles. The molecule has 2 aromatic carbocycles. The number of nitrogens with one attached hydrogen (secondary N) is 1. The van der Waals surface area contributed by atoms with Crippen LogP contribution in [0.2, 0.25) is 0 Å². The number of nitrogens with zero attached hydrogens (tertiary/aromatic N) is 2.